The topological polar surface area (TPSA) is 46.1 Å². The molecule has 0 N–H and O–H groups in total. The SMILES string of the molecule is CCN(Cc1ccccn1)c1ncc(C(C)=O)s1. The second-order valence-corrected chi connectivity index (χ2v) is 4.91. The number of thiazole rings is 1. The van der Waals surface area contributed by atoms with Crippen LogP contribution in [0.3, 0.4) is 0 Å². The van der Waals surface area contributed by atoms with Crippen molar-refractivity contribution >= 4 is 22.3 Å². The van der Waals surface area contributed by atoms with Gasteiger partial charge in [-0.05, 0) is 19.1 Å². The smallest absolute Gasteiger partial charge is 0.186 e. The second-order valence-electron chi connectivity index (χ2n) is 3.90. The van der Waals surface area contributed by atoms with Crippen LogP contribution >= 0.6 is 11.3 Å². The van der Waals surface area contributed by atoms with E-state index in [1.165, 1.54) is 11.3 Å². The average molecular weight is 261 g/mol. The van der Waals surface area contributed by atoms with Gasteiger partial charge < -0.3 is 4.90 Å². The molecule has 0 aliphatic heterocycles. The molecule has 2 aromatic rings. The van der Waals surface area contributed by atoms with Gasteiger partial charge in [0, 0.05) is 19.7 Å². The fourth-order valence-corrected chi connectivity index (χ4v) is 2.45. The average Bonchev–Trinajstić information content (AvgIpc) is 2.87. The third-order valence-electron chi connectivity index (χ3n) is 2.57. The summed E-state index contributed by atoms with van der Waals surface area (Å²) in [7, 11) is 0. The number of Topliss-reactive ketones (excluding diaryl/α,β-unsaturated/α-hetero) is 1. The van der Waals surface area contributed by atoms with Gasteiger partial charge in [-0.15, -0.1) is 0 Å². The maximum atomic E-state index is 11.3. The van der Waals surface area contributed by atoms with Crippen molar-refractivity contribution < 1.29 is 4.79 Å². The van der Waals surface area contributed by atoms with Crippen LogP contribution in [0.15, 0.2) is 30.6 Å². The third-order valence-corrected chi connectivity index (χ3v) is 3.73. The molecule has 2 aromatic heterocycles. The minimum atomic E-state index is 0.0626. The van der Waals surface area contributed by atoms with Crippen LogP contribution in [-0.2, 0) is 6.54 Å². The van der Waals surface area contributed by atoms with E-state index in [-0.39, 0.29) is 5.78 Å². The zero-order valence-electron chi connectivity index (χ0n) is 10.5. The summed E-state index contributed by atoms with van der Waals surface area (Å²) in [4.78, 5) is 22.7. The van der Waals surface area contributed by atoms with Crippen LogP contribution in [0, 0.1) is 0 Å². The Morgan fingerprint density at radius 1 is 1.39 bits per heavy atom. The molecule has 0 atom stereocenters. The summed E-state index contributed by atoms with van der Waals surface area (Å²) in [6.45, 7) is 5.17. The highest BCUT2D eigenvalue weighted by Crippen LogP contribution is 2.23. The van der Waals surface area contributed by atoms with E-state index in [0.29, 0.717) is 11.4 Å². The first kappa shape index (κ1) is 12.7. The molecule has 2 heterocycles. The summed E-state index contributed by atoms with van der Waals surface area (Å²) >= 11 is 1.43. The van der Waals surface area contributed by atoms with E-state index in [0.717, 1.165) is 17.4 Å². The van der Waals surface area contributed by atoms with Gasteiger partial charge in [0.2, 0.25) is 0 Å². The third kappa shape index (κ3) is 2.92. The normalized spacial score (nSPS) is 10.3. The number of rotatable bonds is 5. The van der Waals surface area contributed by atoms with Crippen molar-refractivity contribution in [2.24, 2.45) is 0 Å². The van der Waals surface area contributed by atoms with Crippen molar-refractivity contribution in [1.82, 2.24) is 9.97 Å². The van der Waals surface area contributed by atoms with Crippen LogP contribution in [0.2, 0.25) is 0 Å². The van der Waals surface area contributed by atoms with Crippen molar-refractivity contribution in [3.8, 4) is 0 Å². The molecular weight excluding hydrogens is 246 g/mol. The van der Waals surface area contributed by atoms with Crippen LogP contribution in [0.5, 0.6) is 0 Å². The number of hydrogen-bond donors (Lipinski definition) is 0. The lowest BCUT2D eigenvalue weighted by molar-refractivity contribution is 0.102. The number of pyridine rings is 1. The van der Waals surface area contributed by atoms with Gasteiger partial charge in [0.25, 0.3) is 0 Å². The molecule has 0 saturated heterocycles. The Kier molecular flexibility index (Phi) is 4.04. The minimum Gasteiger partial charge on any atom is -0.342 e. The van der Waals surface area contributed by atoms with E-state index in [9.17, 15) is 4.79 Å². The molecule has 0 bridgehead atoms. The molecule has 0 amide bonds. The number of carbonyl (C=O) groups excluding carboxylic acids is 1. The minimum absolute atomic E-state index is 0.0626. The Bertz CT molecular complexity index is 524. The van der Waals surface area contributed by atoms with Crippen molar-refractivity contribution in [3.63, 3.8) is 0 Å². The van der Waals surface area contributed by atoms with Crippen LogP contribution in [0.4, 0.5) is 5.13 Å². The standard InChI is InChI=1S/C13H15N3OS/c1-3-16(9-11-6-4-5-7-14-11)13-15-8-12(18-13)10(2)17/h4-8H,3,9H2,1-2H3. The molecule has 0 fully saturated rings. The van der Waals surface area contributed by atoms with Crippen molar-refractivity contribution in [2.75, 3.05) is 11.4 Å². The Morgan fingerprint density at radius 2 is 2.22 bits per heavy atom. The van der Waals surface area contributed by atoms with Crippen LogP contribution in [-0.4, -0.2) is 22.3 Å². The number of carbonyl (C=O) groups is 1. The summed E-state index contributed by atoms with van der Waals surface area (Å²) < 4.78 is 0. The summed E-state index contributed by atoms with van der Waals surface area (Å²) in [5.74, 6) is 0.0626. The molecule has 4 nitrogen and oxygen atoms in total. The lowest BCUT2D eigenvalue weighted by Crippen LogP contribution is -2.22. The van der Waals surface area contributed by atoms with E-state index in [4.69, 9.17) is 0 Å². The number of hydrogen-bond acceptors (Lipinski definition) is 5. The first-order valence-corrected chi connectivity index (χ1v) is 6.64. The molecule has 5 heteroatoms. The van der Waals surface area contributed by atoms with Crippen LogP contribution < -0.4 is 4.90 Å². The van der Waals surface area contributed by atoms with E-state index in [1.807, 2.05) is 18.2 Å². The zero-order chi connectivity index (χ0) is 13.0. The molecule has 0 radical (unpaired) electrons. The molecule has 0 saturated carbocycles. The molecule has 94 valence electrons. The molecule has 0 aliphatic rings. The van der Waals surface area contributed by atoms with Gasteiger partial charge in [-0.25, -0.2) is 4.98 Å². The van der Waals surface area contributed by atoms with Gasteiger partial charge in [-0.1, -0.05) is 17.4 Å². The quantitative estimate of drug-likeness (QED) is 0.776. The van der Waals surface area contributed by atoms with Gasteiger partial charge in [0.15, 0.2) is 10.9 Å². The van der Waals surface area contributed by atoms with Crippen molar-refractivity contribution in [1.29, 1.82) is 0 Å². The molecule has 0 aromatic carbocycles. The Morgan fingerprint density at radius 3 is 2.78 bits per heavy atom. The Labute approximate surface area is 110 Å². The number of ketones is 1. The van der Waals surface area contributed by atoms with Crippen molar-refractivity contribution in [2.45, 2.75) is 20.4 Å². The maximum Gasteiger partial charge on any atom is 0.186 e. The monoisotopic (exact) mass is 261 g/mol. The molecule has 2 rings (SSSR count). The highest BCUT2D eigenvalue weighted by atomic mass is 32.1. The highest BCUT2D eigenvalue weighted by Gasteiger charge is 2.12. The molecule has 0 spiro atoms. The van der Waals surface area contributed by atoms with Crippen LogP contribution in [0.25, 0.3) is 0 Å². The summed E-state index contributed by atoms with van der Waals surface area (Å²) in [5, 5.41) is 0.869. The maximum absolute atomic E-state index is 11.3. The van der Waals surface area contributed by atoms with E-state index >= 15 is 0 Å². The van der Waals surface area contributed by atoms with Gasteiger partial charge in [0.05, 0.1) is 23.3 Å². The fraction of sp³-hybridized carbons (Fsp3) is 0.308. The predicted octanol–water partition coefficient (Wildman–Crippen LogP) is 2.77. The Hall–Kier alpha value is -1.75. The largest absolute Gasteiger partial charge is 0.342 e. The van der Waals surface area contributed by atoms with Gasteiger partial charge >= 0.3 is 0 Å². The Balaban J connectivity index is 2.15. The second kappa shape index (κ2) is 5.73. The first-order chi connectivity index (χ1) is 8.70. The predicted molar refractivity (Wildman–Crippen MR) is 73.1 cm³/mol. The lowest BCUT2D eigenvalue weighted by Gasteiger charge is -2.18. The van der Waals surface area contributed by atoms with Crippen molar-refractivity contribution in [3.05, 3.63) is 41.2 Å². The number of anilines is 1. The van der Waals surface area contributed by atoms with Gasteiger partial charge in [0.1, 0.15) is 0 Å². The summed E-state index contributed by atoms with van der Waals surface area (Å²) in [6.07, 6.45) is 3.43. The van der Waals surface area contributed by atoms with E-state index in [1.54, 1.807) is 19.3 Å². The van der Waals surface area contributed by atoms with Gasteiger partial charge in [-0.2, -0.15) is 0 Å². The fourth-order valence-electron chi connectivity index (χ4n) is 1.58. The molecule has 0 aliphatic carbocycles. The lowest BCUT2D eigenvalue weighted by atomic mass is 10.3. The number of nitrogens with zero attached hydrogens (tertiary/aromatic N) is 3. The van der Waals surface area contributed by atoms with E-state index in [2.05, 4.69) is 21.8 Å². The zero-order valence-corrected chi connectivity index (χ0v) is 11.3. The van der Waals surface area contributed by atoms with Gasteiger partial charge in [-0.3, -0.25) is 9.78 Å². The molecule has 18 heavy (non-hydrogen) atoms. The molecular formula is C13H15N3OS. The summed E-state index contributed by atoms with van der Waals surface area (Å²) in [6, 6.07) is 5.86. The van der Waals surface area contributed by atoms with Crippen LogP contribution in [0.1, 0.15) is 29.2 Å². The highest BCUT2D eigenvalue weighted by molar-refractivity contribution is 7.17. The van der Waals surface area contributed by atoms with E-state index < -0.39 is 0 Å². The number of aromatic nitrogens is 2. The first-order valence-electron chi connectivity index (χ1n) is 5.82. The summed E-state index contributed by atoms with van der Waals surface area (Å²) in [5.41, 5.74) is 0.999. The molecule has 0 unspecified atom stereocenters.